The number of nitro groups is 1. The molecule has 1 heterocycles. The number of carbonyl (C=O) groups is 2. The Bertz CT molecular complexity index is 927. The molecule has 0 aromatic heterocycles. The lowest BCUT2D eigenvalue weighted by Gasteiger charge is -2.27. The molecule has 1 saturated heterocycles. The van der Waals surface area contributed by atoms with Crippen molar-refractivity contribution >= 4 is 23.2 Å². The lowest BCUT2D eigenvalue weighted by Crippen LogP contribution is -2.48. The fraction of sp³-hybridized carbons (Fsp3) is 0.263. The number of anilines is 1. The van der Waals surface area contributed by atoms with E-state index in [1.807, 2.05) is 0 Å². The number of para-hydroxylation sites is 2. The number of hydrogen-bond donors (Lipinski definition) is 2. The van der Waals surface area contributed by atoms with Crippen molar-refractivity contribution in [2.24, 2.45) is 0 Å². The van der Waals surface area contributed by atoms with E-state index < -0.39 is 16.7 Å². The maximum atomic E-state index is 12.8. The van der Waals surface area contributed by atoms with Gasteiger partial charge in [0.25, 0.3) is 17.5 Å². The zero-order chi connectivity index (χ0) is 20.8. The molecule has 1 aliphatic rings. The largest absolute Gasteiger partial charge is 0.495 e. The minimum absolute atomic E-state index is 0.00673. The molecule has 10 heteroatoms. The summed E-state index contributed by atoms with van der Waals surface area (Å²) < 4.78 is 10.4. The Balaban J connectivity index is 1.89. The van der Waals surface area contributed by atoms with E-state index >= 15 is 0 Å². The molecule has 1 fully saturated rings. The van der Waals surface area contributed by atoms with Crippen LogP contribution in [0.1, 0.15) is 20.7 Å². The zero-order valence-electron chi connectivity index (χ0n) is 15.7. The number of nitrogens with zero attached hydrogens (tertiary/aromatic N) is 2. The minimum Gasteiger partial charge on any atom is -0.495 e. The molecule has 0 unspecified atom stereocenters. The van der Waals surface area contributed by atoms with Gasteiger partial charge in [-0.25, -0.2) is 5.01 Å². The van der Waals surface area contributed by atoms with Crippen molar-refractivity contribution in [3.63, 3.8) is 0 Å². The molecule has 29 heavy (non-hydrogen) atoms. The van der Waals surface area contributed by atoms with E-state index in [1.54, 1.807) is 29.3 Å². The van der Waals surface area contributed by atoms with Gasteiger partial charge in [-0.05, 0) is 18.2 Å². The Morgan fingerprint density at radius 2 is 1.83 bits per heavy atom. The zero-order valence-corrected chi connectivity index (χ0v) is 15.7. The van der Waals surface area contributed by atoms with Gasteiger partial charge in [-0.2, -0.15) is 0 Å². The molecule has 3 rings (SSSR count). The number of amides is 2. The van der Waals surface area contributed by atoms with Crippen LogP contribution in [0.5, 0.6) is 5.75 Å². The molecular formula is C19H20N4O6. The first-order chi connectivity index (χ1) is 14.0. The predicted octanol–water partition coefficient (Wildman–Crippen LogP) is 1.83. The Kier molecular flexibility index (Phi) is 6.37. The second-order valence-electron chi connectivity index (χ2n) is 6.18. The monoisotopic (exact) mass is 400 g/mol. The number of ether oxygens (including phenoxy) is 2. The van der Waals surface area contributed by atoms with Crippen molar-refractivity contribution in [1.82, 2.24) is 10.4 Å². The number of nitrogens with one attached hydrogen (secondary N) is 2. The highest BCUT2D eigenvalue weighted by Crippen LogP contribution is 2.25. The van der Waals surface area contributed by atoms with Crippen molar-refractivity contribution in [1.29, 1.82) is 0 Å². The summed E-state index contributed by atoms with van der Waals surface area (Å²) >= 11 is 0. The molecule has 0 atom stereocenters. The normalized spacial score (nSPS) is 14.1. The van der Waals surface area contributed by atoms with Crippen LogP contribution in [0.2, 0.25) is 0 Å². The van der Waals surface area contributed by atoms with E-state index in [1.165, 1.54) is 19.2 Å². The molecule has 0 aliphatic carbocycles. The van der Waals surface area contributed by atoms with Gasteiger partial charge in [0.2, 0.25) is 0 Å². The Hall–Kier alpha value is -3.50. The number of hydrazine groups is 1. The third-order valence-electron chi connectivity index (χ3n) is 4.33. The van der Waals surface area contributed by atoms with Gasteiger partial charge in [-0.15, -0.1) is 0 Å². The number of rotatable bonds is 6. The third-order valence-corrected chi connectivity index (χ3v) is 4.33. The lowest BCUT2D eigenvalue weighted by molar-refractivity contribution is -0.384. The minimum atomic E-state index is -0.618. The van der Waals surface area contributed by atoms with Gasteiger partial charge < -0.3 is 14.8 Å². The summed E-state index contributed by atoms with van der Waals surface area (Å²) in [6.45, 7) is 1.86. The maximum absolute atomic E-state index is 12.8. The summed E-state index contributed by atoms with van der Waals surface area (Å²) in [5.41, 5.74) is 2.71. The average molecular weight is 400 g/mol. The van der Waals surface area contributed by atoms with Gasteiger partial charge in [0.15, 0.2) is 0 Å². The summed E-state index contributed by atoms with van der Waals surface area (Å²) in [7, 11) is 1.47. The highest BCUT2D eigenvalue weighted by molar-refractivity contribution is 6.12. The molecular weight excluding hydrogens is 380 g/mol. The SMILES string of the molecule is COc1ccccc1NC(=O)c1ccc([N+](=O)[O-])cc1C(=O)NN1CCOCC1. The third kappa shape index (κ3) is 4.86. The van der Waals surface area contributed by atoms with Gasteiger partial charge in [-0.1, -0.05) is 12.1 Å². The molecule has 2 N–H and O–H groups in total. The summed E-state index contributed by atoms with van der Waals surface area (Å²) in [6, 6.07) is 10.3. The van der Waals surface area contributed by atoms with Gasteiger partial charge >= 0.3 is 0 Å². The topological polar surface area (TPSA) is 123 Å². The second kappa shape index (κ2) is 9.13. The van der Waals surface area contributed by atoms with Crippen LogP contribution in [0.3, 0.4) is 0 Å². The van der Waals surface area contributed by atoms with Crippen LogP contribution in [-0.2, 0) is 4.74 Å². The fourth-order valence-corrected chi connectivity index (χ4v) is 2.85. The second-order valence-corrected chi connectivity index (χ2v) is 6.18. The first kappa shape index (κ1) is 20.2. The highest BCUT2D eigenvalue weighted by Gasteiger charge is 2.23. The van der Waals surface area contributed by atoms with E-state index in [0.717, 1.165) is 6.07 Å². The average Bonchev–Trinajstić information content (AvgIpc) is 2.74. The van der Waals surface area contributed by atoms with E-state index in [0.29, 0.717) is 37.7 Å². The van der Waals surface area contributed by atoms with Crippen molar-refractivity contribution in [2.45, 2.75) is 0 Å². The molecule has 2 amide bonds. The standard InChI is InChI=1S/C19H20N4O6/c1-28-17-5-3-2-4-16(17)20-18(24)14-7-6-13(23(26)27)12-15(14)19(25)21-22-8-10-29-11-9-22/h2-7,12H,8-11H2,1H3,(H,20,24)(H,21,25). The van der Waals surface area contributed by atoms with Gasteiger partial charge in [0, 0.05) is 25.2 Å². The quantitative estimate of drug-likeness (QED) is 0.560. The molecule has 1 aliphatic heterocycles. The van der Waals surface area contributed by atoms with Crippen LogP contribution in [0.25, 0.3) is 0 Å². The summed E-state index contributed by atoms with van der Waals surface area (Å²) in [5, 5.41) is 15.5. The maximum Gasteiger partial charge on any atom is 0.270 e. The van der Waals surface area contributed by atoms with E-state index in [2.05, 4.69) is 10.7 Å². The van der Waals surface area contributed by atoms with E-state index in [-0.39, 0.29) is 16.8 Å². The van der Waals surface area contributed by atoms with Crippen LogP contribution in [-0.4, -0.2) is 55.2 Å². The Labute approximate surface area is 166 Å². The molecule has 2 aromatic rings. The molecule has 0 saturated carbocycles. The number of hydrogen-bond acceptors (Lipinski definition) is 7. The number of methoxy groups -OCH3 is 1. The van der Waals surface area contributed by atoms with Gasteiger partial charge in [0.05, 0.1) is 42.1 Å². The van der Waals surface area contributed by atoms with Crippen LogP contribution in [0, 0.1) is 10.1 Å². The number of non-ortho nitro benzene ring substituents is 1. The smallest absolute Gasteiger partial charge is 0.270 e. The van der Waals surface area contributed by atoms with Gasteiger partial charge in [0.1, 0.15) is 5.75 Å². The van der Waals surface area contributed by atoms with Crippen molar-refractivity contribution in [3.05, 3.63) is 63.7 Å². The molecule has 10 nitrogen and oxygen atoms in total. The summed E-state index contributed by atoms with van der Waals surface area (Å²) in [6.07, 6.45) is 0. The lowest BCUT2D eigenvalue weighted by atomic mass is 10.0. The summed E-state index contributed by atoms with van der Waals surface area (Å²) in [5.74, 6) is -0.751. The molecule has 0 bridgehead atoms. The number of benzene rings is 2. The van der Waals surface area contributed by atoms with Crippen molar-refractivity contribution in [2.75, 3.05) is 38.7 Å². The first-order valence-electron chi connectivity index (χ1n) is 8.86. The Morgan fingerprint density at radius 1 is 1.10 bits per heavy atom. The van der Waals surface area contributed by atoms with Gasteiger partial charge in [-0.3, -0.25) is 25.1 Å². The predicted molar refractivity (Wildman–Crippen MR) is 104 cm³/mol. The molecule has 2 aromatic carbocycles. The Morgan fingerprint density at radius 3 is 2.52 bits per heavy atom. The number of morpholine rings is 1. The molecule has 152 valence electrons. The van der Waals surface area contributed by atoms with Crippen molar-refractivity contribution in [3.8, 4) is 5.75 Å². The van der Waals surface area contributed by atoms with Crippen LogP contribution in [0.4, 0.5) is 11.4 Å². The highest BCUT2D eigenvalue weighted by atomic mass is 16.6. The van der Waals surface area contributed by atoms with E-state index in [9.17, 15) is 19.7 Å². The van der Waals surface area contributed by atoms with Crippen molar-refractivity contribution < 1.29 is 24.0 Å². The summed E-state index contributed by atoms with van der Waals surface area (Å²) in [4.78, 5) is 36.1. The fourth-order valence-electron chi connectivity index (χ4n) is 2.85. The van der Waals surface area contributed by atoms with Crippen LogP contribution >= 0.6 is 0 Å². The molecule has 0 spiro atoms. The van der Waals surface area contributed by atoms with Crippen LogP contribution in [0.15, 0.2) is 42.5 Å². The number of nitro benzene ring substituents is 1. The first-order valence-corrected chi connectivity index (χ1v) is 8.86. The molecule has 0 radical (unpaired) electrons. The van der Waals surface area contributed by atoms with E-state index in [4.69, 9.17) is 9.47 Å². The van der Waals surface area contributed by atoms with Crippen LogP contribution < -0.4 is 15.5 Å². The number of carbonyl (C=O) groups excluding carboxylic acids is 2.